The third-order valence-electron chi connectivity index (χ3n) is 11.4. The van der Waals surface area contributed by atoms with Gasteiger partial charge in [-0.05, 0) is 138 Å². The molecule has 0 unspecified atom stereocenters. The number of rotatable bonds is 9. The second-order valence-electron chi connectivity index (χ2n) is 15.7. The van der Waals surface area contributed by atoms with Crippen molar-refractivity contribution in [3.05, 3.63) is 208 Å². The van der Waals surface area contributed by atoms with Crippen LogP contribution in [0.1, 0.15) is 69.8 Å². The average Bonchev–Trinajstić information content (AvgIpc) is 4.17. The normalized spacial score (nSPS) is 11.3. The topological polar surface area (TPSA) is 222 Å². The zero-order chi connectivity index (χ0) is 47.5. The summed E-state index contributed by atoms with van der Waals surface area (Å²) >= 11 is 0. The minimum absolute atomic E-state index is 0. The van der Waals surface area contributed by atoms with E-state index in [0.29, 0.717) is 79.4 Å². The number of benzene rings is 5. The zero-order valence-corrected chi connectivity index (χ0v) is 39.5. The Morgan fingerprint density at radius 3 is 1.36 bits per heavy atom. The van der Waals surface area contributed by atoms with Gasteiger partial charge in [-0.1, -0.05) is 66.7 Å². The van der Waals surface area contributed by atoms with Gasteiger partial charge in [-0.25, -0.2) is 29.1 Å². The van der Waals surface area contributed by atoms with Gasteiger partial charge in [0.05, 0.1) is 56.1 Å². The summed E-state index contributed by atoms with van der Waals surface area (Å²) in [4.78, 5) is 61.9. The van der Waals surface area contributed by atoms with Crippen LogP contribution in [0.3, 0.4) is 0 Å². The van der Waals surface area contributed by atoms with E-state index in [1.165, 1.54) is 54.1 Å². The fourth-order valence-corrected chi connectivity index (χ4v) is 8.13. The number of nitrogens with two attached hydrogens (primary N) is 1. The van der Waals surface area contributed by atoms with Gasteiger partial charge < -0.3 is 35.7 Å². The molecule has 7 N–H and O–H groups in total. The SMILES string of the molecule is NCc1ccccc1.O=C(O)c1ccc(-c2c(-c3ccc(C(=O)O)cc3)c3c(-c4ccc(C(=O)O)cc4)c4nc(cc5ccc(cc6nc(cc2n3-c2ccc(C(=O)O)cc2)C=C6)[nH]5)C=C4)cc1.[Zn]. The molecule has 0 radical (unpaired) electrons. The molecule has 334 valence electrons. The molecule has 14 heteroatoms. The predicted octanol–water partition coefficient (Wildman–Crippen LogP) is 11.1. The summed E-state index contributed by atoms with van der Waals surface area (Å²) in [5.41, 5.74) is 15.9. The molecule has 2 aliphatic rings. The molecule has 3 aromatic heterocycles. The second kappa shape index (κ2) is 19.9. The van der Waals surface area contributed by atoms with Crippen LogP contribution >= 0.6 is 0 Å². The number of carboxylic acid groups (broad SMARTS) is 4. The van der Waals surface area contributed by atoms with Crippen LogP contribution in [0, 0.1) is 0 Å². The van der Waals surface area contributed by atoms with Crippen LogP contribution in [0.15, 0.2) is 158 Å². The fraction of sp³-hybridized carbons (Fsp3) is 0.0182. The van der Waals surface area contributed by atoms with E-state index in [1.54, 1.807) is 48.5 Å². The number of hydrogen-bond acceptors (Lipinski definition) is 7. The molecule has 0 fully saturated rings. The molecule has 0 atom stereocenters. The number of aromatic carboxylic acids is 4. The first-order valence-electron chi connectivity index (χ1n) is 21.2. The molecule has 5 heterocycles. The Balaban J connectivity index is 0.000000649. The number of hydrogen-bond donors (Lipinski definition) is 6. The van der Waals surface area contributed by atoms with Crippen molar-refractivity contribution >= 4 is 70.2 Å². The number of aromatic nitrogens is 4. The molecular weight excluding hydrogens is 924 g/mol. The Kier molecular flexibility index (Phi) is 13.5. The Labute approximate surface area is 406 Å². The van der Waals surface area contributed by atoms with Gasteiger partial charge >= 0.3 is 23.9 Å². The van der Waals surface area contributed by atoms with Crippen LogP contribution in [0.4, 0.5) is 0 Å². The maximum Gasteiger partial charge on any atom is 0.335 e. The quantitative estimate of drug-likeness (QED) is 0.0747. The van der Waals surface area contributed by atoms with Gasteiger partial charge in [-0.2, -0.15) is 0 Å². The van der Waals surface area contributed by atoms with Crippen molar-refractivity contribution in [1.29, 1.82) is 0 Å². The third-order valence-corrected chi connectivity index (χ3v) is 11.4. The molecule has 8 aromatic rings. The van der Waals surface area contributed by atoms with Gasteiger partial charge in [0.15, 0.2) is 0 Å². The number of carboxylic acids is 4. The van der Waals surface area contributed by atoms with E-state index in [9.17, 15) is 39.6 Å². The van der Waals surface area contributed by atoms with Crippen LogP contribution in [0.5, 0.6) is 0 Å². The first kappa shape index (κ1) is 46.7. The Morgan fingerprint density at radius 1 is 0.478 bits per heavy atom. The van der Waals surface area contributed by atoms with Crippen LogP contribution in [0.2, 0.25) is 0 Å². The molecule has 5 aromatic carbocycles. The van der Waals surface area contributed by atoms with Crippen molar-refractivity contribution in [2.24, 2.45) is 5.73 Å². The van der Waals surface area contributed by atoms with Gasteiger partial charge in [0.1, 0.15) is 0 Å². The number of H-pyrrole nitrogens is 1. The van der Waals surface area contributed by atoms with E-state index >= 15 is 0 Å². The van der Waals surface area contributed by atoms with Crippen LogP contribution in [0.25, 0.3) is 85.4 Å². The van der Waals surface area contributed by atoms with Gasteiger partial charge in [0.25, 0.3) is 0 Å². The molecule has 2 aliphatic heterocycles. The molecule has 0 amide bonds. The number of nitrogens with one attached hydrogen (secondary N) is 1. The van der Waals surface area contributed by atoms with Crippen molar-refractivity contribution < 1.29 is 59.1 Å². The van der Waals surface area contributed by atoms with E-state index in [4.69, 9.17) is 15.7 Å². The monoisotopic (exact) mass is 961 g/mol. The van der Waals surface area contributed by atoms with E-state index in [-0.39, 0.29) is 41.7 Å². The molecule has 0 saturated carbocycles. The van der Waals surface area contributed by atoms with Crippen molar-refractivity contribution in [2.75, 3.05) is 0 Å². The van der Waals surface area contributed by atoms with Crippen LogP contribution in [-0.2, 0) is 26.0 Å². The minimum Gasteiger partial charge on any atom is -0.478 e. The molecule has 0 saturated heterocycles. The summed E-state index contributed by atoms with van der Waals surface area (Å²) in [7, 11) is 0. The Hall–Kier alpha value is -8.84. The Bertz CT molecular complexity index is 3530. The maximum atomic E-state index is 12.1. The van der Waals surface area contributed by atoms with Crippen LogP contribution in [-0.4, -0.2) is 63.8 Å². The standard InChI is InChI=1S/C48H30N4O8.C7H9N.Zn/c53-45(54)29-7-1-26(2-8-29)41-39-22-19-36(51-39)24-35-16-15-33(49-35)23-34-17-18-37(50-34)25-40-42(27-3-9-30(10-4-27)46(55)56)43(28-5-11-31(12-6-28)47(57)58)44(41)52(40)38-20-13-32(14-21-38)48(59)60;8-6-7-4-2-1-3-5-7;/h1-25,49H,(H,53,54)(H,55,56)(H,57,58)(H,59,60);1-5H,6,8H2;. The average molecular weight is 963 g/mol. The molecule has 69 heavy (non-hydrogen) atoms. The second-order valence-corrected chi connectivity index (χ2v) is 15.7. The van der Waals surface area contributed by atoms with Crippen molar-refractivity contribution in [2.45, 2.75) is 6.54 Å². The first-order chi connectivity index (χ1) is 32.9. The summed E-state index contributed by atoms with van der Waals surface area (Å²) < 4.78 is 1.95. The van der Waals surface area contributed by atoms with E-state index in [2.05, 4.69) is 4.98 Å². The van der Waals surface area contributed by atoms with Gasteiger partial charge in [0.2, 0.25) is 0 Å². The summed E-state index contributed by atoms with van der Waals surface area (Å²) in [6, 6.07) is 45.1. The molecule has 0 aliphatic carbocycles. The molecule has 8 bridgehead atoms. The summed E-state index contributed by atoms with van der Waals surface area (Å²) in [6.07, 6.45) is 7.46. The molecule has 0 spiro atoms. The molecule has 10 rings (SSSR count). The van der Waals surface area contributed by atoms with E-state index in [1.807, 2.05) is 89.5 Å². The van der Waals surface area contributed by atoms with Crippen LogP contribution < -0.4 is 5.73 Å². The summed E-state index contributed by atoms with van der Waals surface area (Å²) in [6.45, 7) is 0.640. The van der Waals surface area contributed by atoms with Crippen molar-refractivity contribution in [1.82, 2.24) is 19.5 Å². The molecule has 13 nitrogen and oxygen atoms in total. The minimum atomic E-state index is -1.12. The largest absolute Gasteiger partial charge is 0.478 e. The van der Waals surface area contributed by atoms with Gasteiger partial charge in [-0.3, -0.25) is 0 Å². The molecular formula is C55H39N5O8Zn. The van der Waals surface area contributed by atoms with E-state index in [0.717, 1.165) is 11.0 Å². The maximum absolute atomic E-state index is 12.1. The van der Waals surface area contributed by atoms with E-state index < -0.39 is 23.9 Å². The van der Waals surface area contributed by atoms with Gasteiger partial charge in [0, 0.05) is 59.4 Å². The van der Waals surface area contributed by atoms with Crippen molar-refractivity contribution in [3.8, 4) is 39.1 Å². The number of nitrogens with zero attached hydrogens (tertiary/aromatic N) is 3. The number of fused-ring (bicyclic) bond motifs is 8. The smallest absolute Gasteiger partial charge is 0.335 e. The number of carbonyl (C=O) groups is 4. The Morgan fingerprint density at radius 2 is 0.899 bits per heavy atom. The predicted molar refractivity (Wildman–Crippen MR) is 262 cm³/mol. The third kappa shape index (κ3) is 9.84. The summed E-state index contributed by atoms with van der Waals surface area (Å²) in [5, 5.41) is 39.6. The zero-order valence-electron chi connectivity index (χ0n) is 36.6. The summed E-state index contributed by atoms with van der Waals surface area (Å²) in [5.74, 6) is -4.45. The fourth-order valence-electron chi connectivity index (χ4n) is 8.13. The van der Waals surface area contributed by atoms with Gasteiger partial charge in [-0.15, -0.1) is 0 Å². The number of aromatic amines is 1. The first-order valence-corrected chi connectivity index (χ1v) is 21.2. The van der Waals surface area contributed by atoms with Crippen molar-refractivity contribution in [3.63, 3.8) is 0 Å².